The number of para-hydroxylation sites is 1. The lowest BCUT2D eigenvalue weighted by Gasteiger charge is -2.52. The number of rotatable bonds is 5. The molecule has 26 heavy (non-hydrogen) atoms. The van der Waals surface area contributed by atoms with Crippen molar-refractivity contribution in [2.24, 2.45) is 0 Å². The second-order valence-electron chi connectivity index (χ2n) is 6.78. The molecular weight excluding hydrogens is 332 g/mol. The van der Waals surface area contributed by atoms with Gasteiger partial charge in [0.05, 0.1) is 19.7 Å². The summed E-state index contributed by atoms with van der Waals surface area (Å²) in [4.78, 5) is 18.3. The standard InChI is InChI=1S/C20H22N2O4/c23-19(13-24-16-6-2-1-3-7-16)22-14-20(15-22)12-17(9-11-25-20)26-18-8-4-5-10-21-18/h1-8,10,17H,9,11-15H2/t17-/m1/s1. The molecule has 2 aliphatic heterocycles. The van der Waals surface area contributed by atoms with Crippen LogP contribution < -0.4 is 9.47 Å². The molecule has 2 aromatic rings. The third-order valence-electron chi connectivity index (χ3n) is 4.79. The topological polar surface area (TPSA) is 60.9 Å². The largest absolute Gasteiger partial charge is 0.484 e. The van der Waals surface area contributed by atoms with Crippen LogP contribution in [0.4, 0.5) is 0 Å². The highest BCUT2D eigenvalue weighted by Crippen LogP contribution is 2.35. The minimum atomic E-state index is -0.292. The van der Waals surface area contributed by atoms with E-state index in [1.807, 2.05) is 48.5 Å². The summed E-state index contributed by atoms with van der Waals surface area (Å²) in [6.45, 7) is 1.87. The average molecular weight is 354 g/mol. The van der Waals surface area contributed by atoms with Crippen molar-refractivity contribution in [3.05, 3.63) is 54.7 Å². The van der Waals surface area contributed by atoms with Crippen molar-refractivity contribution < 1.29 is 19.0 Å². The van der Waals surface area contributed by atoms with E-state index in [4.69, 9.17) is 14.2 Å². The van der Waals surface area contributed by atoms with Gasteiger partial charge in [0.1, 0.15) is 17.5 Å². The summed E-state index contributed by atoms with van der Waals surface area (Å²) in [5.41, 5.74) is -0.292. The van der Waals surface area contributed by atoms with E-state index in [1.165, 1.54) is 0 Å². The molecule has 0 saturated carbocycles. The van der Waals surface area contributed by atoms with Crippen molar-refractivity contribution in [1.82, 2.24) is 9.88 Å². The van der Waals surface area contributed by atoms with Crippen LogP contribution in [0.1, 0.15) is 12.8 Å². The molecule has 6 heteroatoms. The van der Waals surface area contributed by atoms with Crippen LogP contribution in [0.15, 0.2) is 54.7 Å². The van der Waals surface area contributed by atoms with Gasteiger partial charge in [0, 0.05) is 25.1 Å². The summed E-state index contributed by atoms with van der Waals surface area (Å²) in [6.07, 6.45) is 3.40. The van der Waals surface area contributed by atoms with Gasteiger partial charge in [0.25, 0.3) is 5.91 Å². The molecular formula is C20H22N2O4. The van der Waals surface area contributed by atoms with Gasteiger partial charge in [-0.25, -0.2) is 4.98 Å². The molecule has 0 unspecified atom stereocenters. The Hall–Kier alpha value is -2.60. The van der Waals surface area contributed by atoms with Gasteiger partial charge >= 0.3 is 0 Å². The number of aromatic nitrogens is 1. The first kappa shape index (κ1) is 16.8. The summed E-state index contributed by atoms with van der Waals surface area (Å²) < 4.78 is 17.5. The normalized spacial score (nSPS) is 21.1. The Morgan fingerprint density at radius 2 is 2.00 bits per heavy atom. The lowest BCUT2D eigenvalue weighted by Crippen LogP contribution is -2.68. The number of nitrogens with zero attached hydrogens (tertiary/aromatic N) is 2. The zero-order valence-electron chi connectivity index (χ0n) is 14.5. The molecule has 2 saturated heterocycles. The molecule has 2 aliphatic rings. The van der Waals surface area contributed by atoms with Gasteiger partial charge in [0.2, 0.25) is 5.88 Å². The fourth-order valence-electron chi connectivity index (χ4n) is 3.47. The molecule has 2 fully saturated rings. The zero-order valence-corrected chi connectivity index (χ0v) is 14.5. The Bertz CT molecular complexity index is 732. The van der Waals surface area contributed by atoms with Gasteiger partial charge in [-0.15, -0.1) is 0 Å². The average Bonchev–Trinajstić information content (AvgIpc) is 2.66. The number of pyridine rings is 1. The first-order valence-electron chi connectivity index (χ1n) is 8.90. The van der Waals surface area contributed by atoms with E-state index in [2.05, 4.69) is 4.98 Å². The number of hydrogen-bond donors (Lipinski definition) is 0. The summed E-state index contributed by atoms with van der Waals surface area (Å²) in [6, 6.07) is 15.0. The smallest absolute Gasteiger partial charge is 0.260 e. The molecule has 0 bridgehead atoms. The molecule has 1 spiro atoms. The maximum absolute atomic E-state index is 12.3. The number of carbonyl (C=O) groups is 1. The van der Waals surface area contributed by atoms with Crippen molar-refractivity contribution in [3.8, 4) is 11.6 Å². The summed E-state index contributed by atoms with van der Waals surface area (Å²) in [7, 11) is 0. The summed E-state index contributed by atoms with van der Waals surface area (Å²) in [5, 5.41) is 0. The molecule has 1 amide bonds. The Morgan fingerprint density at radius 1 is 1.19 bits per heavy atom. The van der Waals surface area contributed by atoms with Crippen molar-refractivity contribution in [2.75, 3.05) is 26.3 Å². The van der Waals surface area contributed by atoms with Gasteiger partial charge in [-0.3, -0.25) is 4.79 Å². The van der Waals surface area contributed by atoms with E-state index in [1.54, 1.807) is 11.1 Å². The van der Waals surface area contributed by atoms with E-state index in [0.717, 1.165) is 12.8 Å². The van der Waals surface area contributed by atoms with Crippen molar-refractivity contribution in [3.63, 3.8) is 0 Å². The van der Waals surface area contributed by atoms with Crippen molar-refractivity contribution in [2.45, 2.75) is 24.5 Å². The second-order valence-corrected chi connectivity index (χ2v) is 6.78. The molecule has 3 heterocycles. The SMILES string of the molecule is O=C(COc1ccccc1)N1CC2(C[C@H](Oc3ccccn3)CCO2)C1. The Labute approximate surface area is 152 Å². The van der Waals surface area contributed by atoms with Gasteiger partial charge < -0.3 is 19.1 Å². The number of benzene rings is 1. The highest BCUT2D eigenvalue weighted by Gasteiger charge is 2.49. The fraction of sp³-hybridized carbons (Fsp3) is 0.400. The van der Waals surface area contributed by atoms with Crippen LogP contribution in [0.5, 0.6) is 11.6 Å². The molecule has 0 aliphatic carbocycles. The molecule has 0 N–H and O–H groups in total. The van der Waals surface area contributed by atoms with Crippen LogP contribution in [0, 0.1) is 0 Å². The van der Waals surface area contributed by atoms with Gasteiger partial charge in [-0.1, -0.05) is 24.3 Å². The quantitative estimate of drug-likeness (QED) is 0.825. The van der Waals surface area contributed by atoms with Crippen LogP contribution in [0.3, 0.4) is 0 Å². The van der Waals surface area contributed by atoms with E-state index in [0.29, 0.717) is 31.3 Å². The van der Waals surface area contributed by atoms with Crippen LogP contribution in [0.2, 0.25) is 0 Å². The van der Waals surface area contributed by atoms with Crippen molar-refractivity contribution >= 4 is 5.91 Å². The minimum Gasteiger partial charge on any atom is -0.484 e. The Balaban J connectivity index is 1.26. The van der Waals surface area contributed by atoms with Crippen LogP contribution >= 0.6 is 0 Å². The maximum atomic E-state index is 12.3. The van der Waals surface area contributed by atoms with Crippen LogP contribution in [-0.2, 0) is 9.53 Å². The number of carbonyl (C=O) groups excluding carboxylic acids is 1. The minimum absolute atomic E-state index is 0.0177. The van der Waals surface area contributed by atoms with Gasteiger partial charge in [0.15, 0.2) is 6.61 Å². The molecule has 0 radical (unpaired) electrons. The zero-order chi connectivity index (χ0) is 17.8. The molecule has 1 aromatic heterocycles. The number of amides is 1. The number of hydrogen-bond acceptors (Lipinski definition) is 5. The highest BCUT2D eigenvalue weighted by atomic mass is 16.5. The summed E-state index contributed by atoms with van der Waals surface area (Å²) >= 11 is 0. The second kappa shape index (κ2) is 7.33. The number of ether oxygens (including phenoxy) is 3. The fourth-order valence-corrected chi connectivity index (χ4v) is 3.47. The van der Waals surface area contributed by atoms with Gasteiger partial charge in [-0.2, -0.15) is 0 Å². The number of likely N-dealkylation sites (tertiary alicyclic amines) is 1. The van der Waals surface area contributed by atoms with Crippen LogP contribution in [0.25, 0.3) is 0 Å². The molecule has 136 valence electrons. The molecule has 1 atom stereocenters. The summed E-state index contributed by atoms with van der Waals surface area (Å²) in [5.74, 6) is 1.32. The lowest BCUT2D eigenvalue weighted by atomic mass is 9.84. The highest BCUT2D eigenvalue weighted by molar-refractivity contribution is 5.79. The van der Waals surface area contributed by atoms with E-state index < -0.39 is 0 Å². The first-order valence-corrected chi connectivity index (χ1v) is 8.90. The maximum Gasteiger partial charge on any atom is 0.260 e. The Morgan fingerprint density at radius 3 is 2.77 bits per heavy atom. The predicted octanol–water partition coefficient (Wildman–Crippen LogP) is 2.30. The molecule has 1 aromatic carbocycles. The first-order chi connectivity index (χ1) is 12.7. The van der Waals surface area contributed by atoms with E-state index in [9.17, 15) is 4.79 Å². The third-order valence-corrected chi connectivity index (χ3v) is 4.79. The lowest BCUT2D eigenvalue weighted by molar-refractivity contribution is -0.194. The van der Waals surface area contributed by atoms with Crippen LogP contribution in [-0.4, -0.2) is 53.8 Å². The monoisotopic (exact) mass is 354 g/mol. The van der Waals surface area contributed by atoms with Gasteiger partial charge in [-0.05, 0) is 18.2 Å². The van der Waals surface area contributed by atoms with E-state index >= 15 is 0 Å². The molecule has 6 nitrogen and oxygen atoms in total. The molecule has 4 rings (SSSR count). The Kier molecular flexibility index (Phi) is 4.75. The van der Waals surface area contributed by atoms with Crippen molar-refractivity contribution in [1.29, 1.82) is 0 Å². The third kappa shape index (κ3) is 3.80. The predicted molar refractivity (Wildman–Crippen MR) is 95.1 cm³/mol. The van der Waals surface area contributed by atoms with E-state index in [-0.39, 0.29) is 24.2 Å².